The lowest BCUT2D eigenvalue weighted by molar-refractivity contribution is -0.320. The Labute approximate surface area is 234 Å². The van der Waals surface area contributed by atoms with Gasteiger partial charge < -0.3 is 45.2 Å². The first-order valence-corrected chi connectivity index (χ1v) is 13.8. The number of rotatable bonds is 10. The van der Waals surface area contributed by atoms with E-state index in [-0.39, 0.29) is 6.29 Å². The summed E-state index contributed by atoms with van der Waals surface area (Å²) in [5, 5.41) is 50.3. The van der Waals surface area contributed by atoms with Gasteiger partial charge in [-0.25, -0.2) is 13.4 Å². The Bertz CT molecular complexity index is 1590. The number of sulfonamides is 1. The van der Waals surface area contributed by atoms with Gasteiger partial charge in [0.05, 0.1) is 47.4 Å². The third-order valence-corrected chi connectivity index (χ3v) is 6.36. The second kappa shape index (κ2) is 13.3. The number of hydrogen-bond donors (Lipinski definition) is 6. The first-order chi connectivity index (χ1) is 19.4. The van der Waals surface area contributed by atoms with Crippen LogP contribution in [0.1, 0.15) is 0 Å². The van der Waals surface area contributed by atoms with E-state index in [2.05, 4.69) is 10.0 Å². The molecule has 13 nitrogen and oxygen atoms in total. The van der Waals surface area contributed by atoms with Crippen LogP contribution in [0.2, 0.25) is 0 Å². The number of nitrogens with zero attached hydrogens (tertiary/aromatic N) is 1. The predicted octanol–water partition coefficient (Wildman–Crippen LogP) is -0.110. The molecular weight excluding hydrogens is 558 g/mol. The predicted molar refractivity (Wildman–Crippen MR) is 149 cm³/mol. The molecule has 3 aromatic carbocycles. The van der Waals surface area contributed by atoms with E-state index in [0.29, 0.717) is 11.4 Å². The number of methoxy groups -OCH3 is 1. The number of aliphatic carboxylic acids is 1. The summed E-state index contributed by atoms with van der Waals surface area (Å²) in [4.78, 5) is 24.6. The molecule has 4 rings (SSSR count). The van der Waals surface area contributed by atoms with Crippen LogP contribution in [0.4, 0.5) is 17.1 Å². The van der Waals surface area contributed by atoms with Crippen LogP contribution in [-0.2, 0) is 19.6 Å². The standard InChI is InChI=1S/C21H19N3O3S.C6H10O7/c1-27-20-13-14(24-28(2,25)26)11-12-19(20)23-21-15-7-3-5-9-17(15)22-18-10-6-4-8-16(18)21;7-1-2(8)3(9)4(10)5(11)6(12)13/h3-13,24H,1-2H3,(H,22,23);1-5,8-11H,(H,12,13)/p-1/t;2-,3+,4+,5-/m.0/s1. The lowest BCUT2D eigenvalue weighted by atomic mass is 10.0. The van der Waals surface area contributed by atoms with Crippen LogP contribution in [0.3, 0.4) is 0 Å². The second-order valence-corrected chi connectivity index (χ2v) is 10.6. The Morgan fingerprint density at radius 1 is 0.951 bits per heavy atom. The summed E-state index contributed by atoms with van der Waals surface area (Å²) in [7, 11) is -1.82. The van der Waals surface area contributed by atoms with Crippen molar-refractivity contribution in [3.8, 4) is 5.75 Å². The number of aldehydes is 1. The summed E-state index contributed by atoms with van der Waals surface area (Å²) in [6, 6.07) is 21.0. The number of carboxylic acids is 1. The van der Waals surface area contributed by atoms with Gasteiger partial charge in [0.15, 0.2) is 6.29 Å². The number of ether oxygens (including phenoxy) is 1. The largest absolute Gasteiger partial charge is 0.547 e. The SMILES string of the molecule is COc1cc(NS(C)(=O)=O)ccc1Nc1c2ccccc2nc2ccccc12.O=C[C@H](O)[C@@H](O)[C@@H](O)[C@H](O)C(=O)[O-]. The molecule has 0 unspecified atom stereocenters. The van der Waals surface area contributed by atoms with Crippen LogP contribution in [0.15, 0.2) is 66.7 Å². The molecule has 41 heavy (non-hydrogen) atoms. The van der Waals surface area contributed by atoms with Gasteiger partial charge in [0, 0.05) is 16.8 Å². The zero-order valence-corrected chi connectivity index (χ0v) is 22.6. The fraction of sp³-hybridized carbons (Fsp3) is 0.222. The number of carbonyl (C=O) groups is 2. The van der Waals surface area contributed by atoms with Gasteiger partial charge in [-0.05, 0) is 24.3 Å². The average molecular weight is 587 g/mol. The molecule has 4 aromatic rings. The molecule has 0 amide bonds. The van der Waals surface area contributed by atoms with Crippen LogP contribution in [-0.4, -0.2) is 83.9 Å². The van der Waals surface area contributed by atoms with Crippen molar-refractivity contribution >= 4 is 61.1 Å². The highest BCUT2D eigenvalue weighted by Crippen LogP contribution is 2.37. The van der Waals surface area contributed by atoms with E-state index in [0.717, 1.165) is 39.4 Å². The maximum Gasteiger partial charge on any atom is 0.229 e. The minimum Gasteiger partial charge on any atom is -0.547 e. The molecule has 0 fully saturated rings. The quantitative estimate of drug-likeness (QED) is 0.106. The molecule has 0 aliphatic heterocycles. The molecule has 0 saturated heterocycles. The van der Waals surface area contributed by atoms with Gasteiger partial charge in [-0.1, -0.05) is 36.4 Å². The number of benzene rings is 3. The van der Waals surface area contributed by atoms with E-state index in [4.69, 9.17) is 30.1 Å². The van der Waals surface area contributed by atoms with Crippen LogP contribution < -0.4 is 19.9 Å². The van der Waals surface area contributed by atoms with Gasteiger partial charge in [0.25, 0.3) is 0 Å². The van der Waals surface area contributed by atoms with Crippen molar-refractivity contribution in [2.24, 2.45) is 0 Å². The summed E-state index contributed by atoms with van der Waals surface area (Å²) in [6.07, 6.45) is -7.54. The zero-order valence-electron chi connectivity index (χ0n) is 21.8. The van der Waals surface area contributed by atoms with Crippen molar-refractivity contribution in [3.05, 3.63) is 66.7 Å². The Morgan fingerprint density at radius 3 is 2.00 bits per heavy atom. The lowest BCUT2D eigenvalue weighted by Crippen LogP contribution is -2.52. The van der Waals surface area contributed by atoms with E-state index in [9.17, 15) is 23.1 Å². The number of carbonyl (C=O) groups excluding carboxylic acids is 2. The number of para-hydroxylation sites is 2. The van der Waals surface area contributed by atoms with E-state index in [1.807, 2.05) is 48.5 Å². The average Bonchev–Trinajstić information content (AvgIpc) is 2.95. The molecule has 4 atom stereocenters. The number of carboxylic acid groups (broad SMARTS) is 1. The topological polar surface area (TPSA) is 218 Å². The summed E-state index contributed by atoms with van der Waals surface area (Å²) in [6.45, 7) is 0. The number of aliphatic hydroxyl groups is 4. The van der Waals surface area contributed by atoms with Gasteiger partial charge in [-0.2, -0.15) is 0 Å². The Hall–Kier alpha value is -4.34. The number of nitrogens with one attached hydrogen (secondary N) is 2. The maximum absolute atomic E-state index is 11.5. The van der Waals surface area contributed by atoms with Gasteiger partial charge in [0.1, 0.15) is 30.2 Å². The molecule has 0 spiro atoms. The normalized spacial score (nSPS) is 14.2. The van der Waals surface area contributed by atoms with Crippen LogP contribution >= 0.6 is 0 Å². The minimum atomic E-state index is -3.37. The van der Waals surface area contributed by atoms with Gasteiger partial charge in [0.2, 0.25) is 10.0 Å². The molecule has 6 N–H and O–H groups in total. The second-order valence-electron chi connectivity index (χ2n) is 8.81. The first-order valence-electron chi connectivity index (χ1n) is 11.9. The van der Waals surface area contributed by atoms with Gasteiger partial charge >= 0.3 is 0 Å². The maximum atomic E-state index is 11.5. The van der Waals surface area contributed by atoms with Crippen molar-refractivity contribution in [1.82, 2.24) is 4.98 Å². The van der Waals surface area contributed by atoms with Gasteiger partial charge in [-0.3, -0.25) is 4.72 Å². The molecule has 0 radical (unpaired) electrons. The molecule has 1 heterocycles. The first kappa shape index (κ1) is 31.2. The van der Waals surface area contributed by atoms with Crippen molar-refractivity contribution in [3.63, 3.8) is 0 Å². The molecule has 1 aromatic heterocycles. The lowest BCUT2D eigenvalue weighted by Gasteiger charge is -2.24. The summed E-state index contributed by atoms with van der Waals surface area (Å²) < 4.78 is 30.9. The number of pyridine rings is 1. The number of fused-ring (bicyclic) bond motifs is 2. The number of aromatic nitrogens is 1. The smallest absolute Gasteiger partial charge is 0.229 e. The number of anilines is 3. The van der Waals surface area contributed by atoms with Crippen molar-refractivity contribution < 1.29 is 48.3 Å². The van der Waals surface area contributed by atoms with E-state index >= 15 is 0 Å². The van der Waals surface area contributed by atoms with Crippen molar-refractivity contribution in [2.75, 3.05) is 23.4 Å². The minimum absolute atomic E-state index is 0.101. The number of hydrogen-bond acceptors (Lipinski definition) is 12. The van der Waals surface area contributed by atoms with Crippen molar-refractivity contribution in [2.45, 2.75) is 24.4 Å². The Morgan fingerprint density at radius 2 is 1.51 bits per heavy atom. The molecule has 0 aliphatic rings. The van der Waals surface area contributed by atoms with Crippen LogP contribution in [0.25, 0.3) is 21.8 Å². The highest BCUT2D eigenvalue weighted by molar-refractivity contribution is 7.92. The highest BCUT2D eigenvalue weighted by atomic mass is 32.2. The van der Waals surface area contributed by atoms with Crippen LogP contribution in [0, 0.1) is 0 Å². The monoisotopic (exact) mass is 586 g/mol. The molecular formula is C27H28N3O10S-. The van der Waals surface area contributed by atoms with E-state index < -0.39 is 40.4 Å². The fourth-order valence-electron chi connectivity index (χ4n) is 3.79. The summed E-state index contributed by atoms with van der Waals surface area (Å²) in [5.74, 6) is -1.48. The van der Waals surface area contributed by atoms with Crippen LogP contribution in [0.5, 0.6) is 5.75 Å². The summed E-state index contributed by atoms with van der Waals surface area (Å²) >= 11 is 0. The van der Waals surface area contributed by atoms with Crippen molar-refractivity contribution in [1.29, 1.82) is 0 Å². The molecule has 0 aliphatic carbocycles. The Kier molecular flexibility index (Phi) is 10.2. The molecule has 14 heteroatoms. The third-order valence-electron chi connectivity index (χ3n) is 5.76. The Balaban J connectivity index is 0.000000302. The highest BCUT2D eigenvalue weighted by Gasteiger charge is 2.30. The number of aliphatic hydroxyl groups excluding tert-OH is 4. The summed E-state index contributed by atoms with van der Waals surface area (Å²) in [5.41, 5.74) is 3.86. The molecule has 0 saturated carbocycles. The van der Waals surface area contributed by atoms with Gasteiger partial charge in [-0.15, -0.1) is 0 Å². The zero-order chi connectivity index (χ0) is 30.3. The van der Waals surface area contributed by atoms with E-state index in [1.54, 1.807) is 25.3 Å². The fourth-order valence-corrected chi connectivity index (χ4v) is 4.35. The van der Waals surface area contributed by atoms with E-state index in [1.165, 1.54) is 0 Å². The third kappa shape index (κ3) is 7.87. The molecule has 218 valence electrons. The molecule has 0 bridgehead atoms.